The largest absolute Gasteiger partial charge is 0.330 e. The lowest BCUT2D eigenvalue weighted by atomic mass is 9.88. The topological polar surface area (TPSA) is 26.0 Å². The first kappa shape index (κ1) is 12.2. The van der Waals surface area contributed by atoms with Crippen molar-refractivity contribution in [3.63, 3.8) is 0 Å². The number of hydrogen-bond donors (Lipinski definition) is 1. The average molecular weight is 209 g/mol. The SMILES string of the molecule is Cc1ccc(F)cc1CC(C)C(C)CN. The van der Waals surface area contributed by atoms with Crippen LogP contribution in [-0.4, -0.2) is 6.54 Å². The summed E-state index contributed by atoms with van der Waals surface area (Å²) in [6, 6.07) is 4.98. The lowest BCUT2D eigenvalue weighted by Crippen LogP contribution is -2.20. The van der Waals surface area contributed by atoms with Gasteiger partial charge in [-0.2, -0.15) is 0 Å². The normalized spacial score (nSPS) is 15.0. The summed E-state index contributed by atoms with van der Waals surface area (Å²) in [4.78, 5) is 0. The van der Waals surface area contributed by atoms with Gasteiger partial charge in [0, 0.05) is 0 Å². The lowest BCUT2D eigenvalue weighted by molar-refractivity contribution is 0.393. The quantitative estimate of drug-likeness (QED) is 0.810. The fourth-order valence-corrected chi connectivity index (χ4v) is 1.64. The van der Waals surface area contributed by atoms with Gasteiger partial charge in [0.2, 0.25) is 0 Å². The molecule has 0 radical (unpaired) electrons. The van der Waals surface area contributed by atoms with Gasteiger partial charge in [-0.15, -0.1) is 0 Å². The third kappa shape index (κ3) is 3.31. The molecule has 84 valence electrons. The summed E-state index contributed by atoms with van der Waals surface area (Å²) in [5, 5.41) is 0. The van der Waals surface area contributed by atoms with Gasteiger partial charge in [0.15, 0.2) is 0 Å². The molecule has 2 heteroatoms. The van der Waals surface area contributed by atoms with Gasteiger partial charge in [-0.25, -0.2) is 4.39 Å². The van der Waals surface area contributed by atoms with E-state index in [9.17, 15) is 4.39 Å². The number of nitrogens with two attached hydrogens (primary N) is 1. The summed E-state index contributed by atoms with van der Waals surface area (Å²) < 4.78 is 13.1. The van der Waals surface area contributed by atoms with E-state index >= 15 is 0 Å². The van der Waals surface area contributed by atoms with Crippen molar-refractivity contribution >= 4 is 0 Å². The number of aryl methyl sites for hydroxylation is 1. The van der Waals surface area contributed by atoms with Crippen LogP contribution in [0.4, 0.5) is 4.39 Å². The molecule has 1 aromatic rings. The molecule has 0 amide bonds. The van der Waals surface area contributed by atoms with Crippen molar-refractivity contribution in [3.05, 3.63) is 35.1 Å². The highest BCUT2D eigenvalue weighted by Gasteiger charge is 2.12. The van der Waals surface area contributed by atoms with Crippen LogP contribution < -0.4 is 5.73 Å². The molecule has 0 aliphatic carbocycles. The van der Waals surface area contributed by atoms with Crippen molar-refractivity contribution in [1.29, 1.82) is 0 Å². The molecule has 1 nitrogen and oxygen atoms in total. The molecule has 0 aromatic heterocycles. The predicted molar refractivity (Wildman–Crippen MR) is 62.2 cm³/mol. The van der Waals surface area contributed by atoms with E-state index in [1.807, 2.05) is 13.0 Å². The zero-order chi connectivity index (χ0) is 11.4. The van der Waals surface area contributed by atoms with Crippen molar-refractivity contribution in [1.82, 2.24) is 0 Å². The molecule has 2 N–H and O–H groups in total. The Bertz CT molecular complexity index is 322. The van der Waals surface area contributed by atoms with Crippen LogP contribution in [0.5, 0.6) is 0 Å². The van der Waals surface area contributed by atoms with Crippen LogP contribution in [0.2, 0.25) is 0 Å². The average Bonchev–Trinajstić information content (AvgIpc) is 2.22. The van der Waals surface area contributed by atoms with E-state index in [1.54, 1.807) is 6.07 Å². The lowest BCUT2D eigenvalue weighted by Gasteiger charge is -2.19. The van der Waals surface area contributed by atoms with Gasteiger partial charge in [-0.1, -0.05) is 19.9 Å². The summed E-state index contributed by atoms with van der Waals surface area (Å²) in [7, 11) is 0. The summed E-state index contributed by atoms with van der Waals surface area (Å²) in [5.41, 5.74) is 7.88. The standard InChI is InChI=1S/C13H20FN/c1-9-4-5-13(14)7-12(9)6-10(2)11(3)8-15/h4-5,7,10-11H,6,8,15H2,1-3H3. The zero-order valence-electron chi connectivity index (χ0n) is 9.76. The van der Waals surface area contributed by atoms with E-state index in [-0.39, 0.29) is 5.82 Å². The molecule has 0 spiro atoms. The van der Waals surface area contributed by atoms with Gasteiger partial charge in [0.1, 0.15) is 5.82 Å². The van der Waals surface area contributed by atoms with E-state index in [4.69, 9.17) is 5.73 Å². The van der Waals surface area contributed by atoms with Crippen LogP contribution in [-0.2, 0) is 6.42 Å². The van der Waals surface area contributed by atoms with Gasteiger partial charge in [0.25, 0.3) is 0 Å². The second-order valence-electron chi connectivity index (χ2n) is 4.47. The number of halogens is 1. The van der Waals surface area contributed by atoms with Crippen LogP contribution in [0.3, 0.4) is 0 Å². The molecule has 0 bridgehead atoms. The van der Waals surface area contributed by atoms with E-state index in [0.29, 0.717) is 18.4 Å². The molecule has 1 rings (SSSR count). The minimum Gasteiger partial charge on any atom is -0.330 e. The number of rotatable bonds is 4. The third-order valence-electron chi connectivity index (χ3n) is 3.20. The fraction of sp³-hybridized carbons (Fsp3) is 0.538. The van der Waals surface area contributed by atoms with E-state index in [2.05, 4.69) is 13.8 Å². The molecule has 2 atom stereocenters. The molecule has 0 saturated heterocycles. The minimum atomic E-state index is -0.150. The maximum absolute atomic E-state index is 13.1. The zero-order valence-corrected chi connectivity index (χ0v) is 9.76. The first-order valence-corrected chi connectivity index (χ1v) is 5.49. The second-order valence-corrected chi connectivity index (χ2v) is 4.47. The molecule has 2 unspecified atom stereocenters. The Kier molecular flexibility index (Phi) is 4.28. The molecule has 0 aliphatic rings. The van der Waals surface area contributed by atoms with Crippen molar-refractivity contribution in [2.45, 2.75) is 27.2 Å². The van der Waals surface area contributed by atoms with Gasteiger partial charge < -0.3 is 5.73 Å². The number of benzene rings is 1. The molecule has 15 heavy (non-hydrogen) atoms. The minimum absolute atomic E-state index is 0.150. The van der Waals surface area contributed by atoms with Gasteiger partial charge in [0.05, 0.1) is 0 Å². The highest BCUT2D eigenvalue weighted by molar-refractivity contribution is 5.26. The predicted octanol–water partition coefficient (Wildman–Crippen LogP) is 2.91. The van der Waals surface area contributed by atoms with Gasteiger partial charge in [-0.05, 0) is 55.0 Å². The van der Waals surface area contributed by atoms with Crippen LogP contribution in [0, 0.1) is 24.6 Å². The first-order valence-electron chi connectivity index (χ1n) is 5.49. The fourth-order valence-electron chi connectivity index (χ4n) is 1.64. The monoisotopic (exact) mass is 209 g/mol. The van der Waals surface area contributed by atoms with Gasteiger partial charge in [-0.3, -0.25) is 0 Å². The van der Waals surface area contributed by atoms with Crippen LogP contribution >= 0.6 is 0 Å². The Hall–Kier alpha value is -0.890. The van der Waals surface area contributed by atoms with Crippen LogP contribution in [0.1, 0.15) is 25.0 Å². The Morgan fingerprint density at radius 2 is 1.93 bits per heavy atom. The van der Waals surface area contributed by atoms with Crippen molar-refractivity contribution in [2.75, 3.05) is 6.54 Å². The van der Waals surface area contributed by atoms with Crippen LogP contribution in [0.25, 0.3) is 0 Å². The van der Waals surface area contributed by atoms with Crippen molar-refractivity contribution < 1.29 is 4.39 Å². The maximum Gasteiger partial charge on any atom is 0.123 e. The molecular weight excluding hydrogens is 189 g/mol. The van der Waals surface area contributed by atoms with Gasteiger partial charge >= 0.3 is 0 Å². The summed E-state index contributed by atoms with van der Waals surface area (Å²) in [6.07, 6.45) is 0.905. The smallest absolute Gasteiger partial charge is 0.123 e. The van der Waals surface area contributed by atoms with E-state index in [0.717, 1.165) is 17.5 Å². The molecule has 0 saturated carbocycles. The van der Waals surface area contributed by atoms with Crippen LogP contribution in [0.15, 0.2) is 18.2 Å². The summed E-state index contributed by atoms with van der Waals surface area (Å²) in [6.45, 7) is 7.02. The Labute approximate surface area is 91.5 Å². The highest BCUT2D eigenvalue weighted by Crippen LogP contribution is 2.19. The highest BCUT2D eigenvalue weighted by atomic mass is 19.1. The summed E-state index contributed by atoms with van der Waals surface area (Å²) >= 11 is 0. The molecule has 0 heterocycles. The first-order chi connectivity index (χ1) is 7.04. The molecule has 0 aliphatic heterocycles. The van der Waals surface area contributed by atoms with Crippen molar-refractivity contribution in [2.24, 2.45) is 17.6 Å². The third-order valence-corrected chi connectivity index (χ3v) is 3.20. The number of hydrogen-bond acceptors (Lipinski definition) is 1. The molecule has 0 fully saturated rings. The molecular formula is C13H20FN. The van der Waals surface area contributed by atoms with E-state index in [1.165, 1.54) is 6.07 Å². The maximum atomic E-state index is 13.1. The van der Waals surface area contributed by atoms with Crippen molar-refractivity contribution in [3.8, 4) is 0 Å². The summed E-state index contributed by atoms with van der Waals surface area (Å²) in [5.74, 6) is 0.825. The van der Waals surface area contributed by atoms with E-state index < -0.39 is 0 Å². The Balaban J connectivity index is 2.75. The Morgan fingerprint density at radius 3 is 2.53 bits per heavy atom. The molecule has 1 aromatic carbocycles. The second kappa shape index (κ2) is 5.26. The Morgan fingerprint density at radius 1 is 1.27 bits per heavy atom.